The Balaban J connectivity index is 3.42. The van der Waals surface area contributed by atoms with E-state index in [0.29, 0.717) is 26.2 Å². The molecule has 0 aliphatic heterocycles. The zero-order valence-electron chi connectivity index (χ0n) is 12.0. The number of carbonyl (C=O) groups is 1. The van der Waals surface area contributed by atoms with Crippen molar-refractivity contribution < 1.29 is 14.3 Å². The molecule has 0 bridgehead atoms. The van der Waals surface area contributed by atoms with Gasteiger partial charge in [0.25, 0.3) is 0 Å². The maximum atomic E-state index is 11.2. The van der Waals surface area contributed by atoms with Gasteiger partial charge < -0.3 is 20.5 Å². The SMILES string of the molecule is CCCCOCCOCCCC(C)(NC)C(N)=O. The van der Waals surface area contributed by atoms with E-state index in [1.807, 2.05) is 6.92 Å². The minimum atomic E-state index is -0.638. The number of unbranched alkanes of at least 4 members (excludes halogenated alkanes) is 1. The minimum absolute atomic E-state index is 0.326. The van der Waals surface area contributed by atoms with Crippen LogP contribution in [-0.4, -0.2) is 44.9 Å². The van der Waals surface area contributed by atoms with E-state index in [-0.39, 0.29) is 5.91 Å². The van der Waals surface area contributed by atoms with Gasteiger partial charge >= 0.3 is 0 Å². The number of nitrogens with one attached hydrogen (secondary N) is 1. The molecule has 0 saturated carbocycles. The summed E-state index contributed by atoms with van der Waals surface area (Å²) in [6.07, 6.45) is 3.72. The summed E-state index contributed by atoms with van der Waals surface area (Å²) in [5.74, 6) is -0.326. The van der Waals surface area contributed by atoms with Gasteiger partial charge in [-0.15, -0.1) is 0 Å². The van der Waals surface area contributed by atoms with Crippen molar-refractivity contribution in [3.05, 3.63) is 0 Å². The van der Waals surface area contributed by atoms with E-state index in [9.17, 15) is 4.79 Å². The maximum Gasteiger partial charge on any atom is 0.237 e. The van der Waals surface area contributed by atoms with Crippen molar-refractivity contribution in [1.29, 1.82) is 0 Å². The molecule has 0 aromatic carbocycles. The van der Waals surface area contributed by atoms with Crippen molar-refractivity contribution in [2.75, 3.05) is 33.5 Å². The lowest BCUT2D eigenvalue weighted by molar-refractivity contribution is -0.124. The Labute approximate surface area is 110 Å². The summed E-state index contributed by atoms with van der Waals surface area (Å²) in [6.45, 7) is 6.62. The average molecular weight is 260 g/mol. The van der Waals surface area contributed by atoms with Gasteiger partial charge in [-0.2, -0.15) is 0 Å². The first-order valence-corrected chi connectivity index (χ1v) is 6.71. The fraction of sp³-hybridized carbons (Fsp3) is 0.923. The van der Waals surface area contributed by atoms with Crippen molar-refractivity contribution in [1.82, 2.24) is 5.32 Å². The van der Waals surface area contributed by atoms with E-state index in [2.05, 4.69) is 12.2 Å². The van der Waals surface area contributed by atoms with Gasteiger partial charge in [-0.1, -0.05) is 13.3 Å². The quantitative estimate of drug-likeness (QED) is 0.515. The van der Waals surface area contributed by atoms with Crippen LogP contribution in [0.5, 0.6) is 0 Å². The summed E-state index contributed by atoms with van der Waals surface area (Å²) < 4.78 is 10.8. The van der Waals surface area contributed by atoms with Crippen LogP contribution in [0.3, 0.4) is 0 Å². The van der Waals surface area contributed by atoms with E-state index < -0.39 is 5.54 Å². The second-order valence-corrected chi connectivity index (χ2v) is 4.63. The maximum absolute atomic E-state index is 11.2. The minimum Gasteiger partial charge on any atom is -0.379 e. The molecule has 0 spiro atoms. The summed E-state index contributed by atoms with van der Waals surface area (Å²) in [6, 6.07) is 0. The number of hydrogen-bond acceptors (Lipinski definition) is 4. The highest BCUT2D eigenvalue weighted by atomic mass is 16.5. The molecule has 0 heterocycles. The second-order valence-electron chi connectivity index (χ2n) is 4.63. The molecule has 5 nitrogen and oxygen atoms in total. The van der Waals surface area contributed by atoms with Gasteiger partial charge in [-0.25, -0.2) is 0 Å². The molecule has 0 saturated heterocycles. The molecule has 0 aromatic heterocycles. The van der Waals surface area contributed by atoms with Crippen LogP contribution in [0.4, 0.5) is 0 Å². The zero-order valence-corrected chi connectivity index (χ0v) is 12.0. The fourth-order valence-electron chi connectivity index (χ4n) is 1.47. The van der Waals surface area contributed by atoms with Gasteiger partial charge in [0.1, 0.15) is 0 Å². The Morgan fingerprint density at radius 2 is 1.72 bits per heavy atom. The van der Waals surface area contributed by atoms with Crippen molar-refractivity contribution in [3.8, 4) is 0 Å². The van der Waals surface area contributed by atoms with Gasteiger partial charge in [0.05, 0.1) is 18.8 Å². The van der Waals surface area contributed by atoms with Gasteiger partial charge in [-0.05, 0) is 33.2 Å². The first kappa shape index (κ1) is 17.4. The predicted molar refractivity (Wildman–Crippen MR) is 72.4 cm³/mol. The molecular weight excluding hydrogens is 232 g/mol. The number of carbonyl (C=O) groups excluding carboxylic acids is 1. The summed E-state index contributed by atoms with van der Waals surface area (Å²) >= 11 is 0. The molecule has 5 heteroatoms. The molecule has 0 rings (SSSR count). The first-order valence-electron chi connectivity index (χ1n) is 6.71. The number of hydrogen-bond donors (Lipinski definition) is 2. The van der Waals surface area contributed by atoms with E-state index in [1.54, 1.807) is 7.05 Å². The van der Waals surface area contributed by atoms with E-state index >= 15 is 0 Å². The van der Waals surface area contributed by atoms with Crippen molar-refractivity contribution in [2.45, 2.75) is 45.1 Å². The standard InChI is InChI=1S/C13H28N2O3/c1-4-5-8-17-10-11-18-9-6-7-13(2,15-3)12(14)16/h15H,4-11H2,1-3H3,(H2,14,16). The Kier molecular flexibility index (Phi) is 9.92. The van der Waals surface area contributed by atoms with E-state index in [0.717, 1.165) is 25.9 Å². The topological polar surface area (TPSA) is 73.6 Å². The van der Waals surface area contributed by atoms with Crippen LogP contribution in [0, 0.1) is 0 Å². The Hall–Kier alpha value is -0.650. The summed E-state index contributed by atoms with van der Waals surface area (Å²) in [4.78, 5) is 11.2. The Morgan fingerprint density at radius 3 is 2.17 bits per heavy atom. The zero-order chi connectivity index (χ0) is 13.9. The Morgan fingerprint density at radius 1 is 1.17 bits per heavy atom. The van der Waals surface area contributed by atoms with Crippen LogP contribution in [0.25, 0.3) is 0 Å². The van der Waals surface area contributed by atoms with Crippen LogP contribution < -0.4 is 11.1 Å². The highest BCUT2D eigenvalue weighted by Gasteiger charge is 2.27. The lowest BCUT2D eigenvalue weighted by atomic mass is 9.95. The third kappa shape index (κ3) is 7.63. The number of primary amides is 1. The average Bonchev–Trinajstić information content (AvgIpc) is 2.36. The highest BCUT2D eigenvalue weighted by Crippen LogP contribution is 2.10. The molecule has 0 radical (unpaired) electrons. The van der Waals surface area contributed by atoms with Gasteiger partial charge in [0.2, 0.25) is 5.91 Å². The molecule has 18 heavy (non-hydrogen) atoms. The van der Waals surface area contributed by atoms with Crippen LogP contribution in [0.1, 0.15) is 39.5 Å². The van der Waals surface area contributed by atoms with Gasteiger partial charge in [0.15, 0.2) is 0 Å². The molecule has 1 unspecified atom stereocenters. The molecule has 1 amide bonds. The first-order chi connectivity index (χ1) is 8.56. The molecule has 1 atom stereocenters. The molecule has 108 valence electrons. The van der Waals surface area contributed by atoms with Crippen LogP contribution in [0.2, 0.25) is 0 Å². The van der Waals surface area contributed by atoms with Crippen LogP contribution in [-0.2, 0) is 14.3 Å². The lowest BCUT2D eigenvalue weighted by Gasteiger charge is -2.25. The van der Waals surface area contributed by atoms with Crippen molar-refractivity contribution in [2.24, 2.45) is 5.73 Å². The third-order valence-corrected chi connectivity index (χ3v) is 3.08. The van der Waals surface area contributed by atoms with Crippen molar-refractivity contribution in [3.63, 3.8) is 0 Å². The molecule has 0 aromatic rings. The van der Waals surface area contributed by atoms with Crippen LogP contribution >= 0.6 is 0 Å². The Bertz CT molecular complexity index is 224. The molecule has 3 N–H and O–H groups in total. The lowest BCUT2D eigenvalue weighted by Crippen LogP contribution is -2.51. The fourth-order valence-corrected chi connectivity index (χ4v) is 1.47. The van der Waals surface area contributed by atoms with Gasteiger partial charge in [-0.3, -0.25) is 4.79 Å². The molecule has 0 fully saturated rings. The third-order valence-electron chi connectivity index (χ3n) is 3.08. The van der Waals surface area contributed by atoms with Gasteiger partial charge in [0, 0.05) is 13.2 Å². The number of ether oxygens (including phenoxy) is 2. The van der Waals surface area contributed by atoms with Crippen molar-refractivity contribution >= 4 is 5.91 Å². The monoisotopic (exact) mass is 260 g/mol. The van der Waals surface area contributed by atoms with E-state index in [4.69, 9.17) is 15.2 Å². The predicted octanol–water partition coefficient (Wildman–Crippen LogP) is 1.06. The number of likely N-dealkylation sites (N-methyl/N-ethyl adjacent to an activating group) is 1. The highest BCUT2D eigenvalue weighted by molar-refractivity contribution is 5.84. The number of nitrogens with two attached hydrogens (primary N) is 1. The van der Waals surface area contributed by atoms with Crippen LogP contribution in [0.15, 0.2) is 0 Å². The van der Waals surface area contributed by atoms with E-state index in [1.165, 1.54) is 0 Å². The normalized spacial score (nSPS) is 14.4. The number of rotatable bonds is 12. The second kappa shape index (κ2) is 10.3. The summed E-state index contributed by atoms with van der Waals surface area (Å²) in [5.41, 5.74) is 4.69. The summed E-state index contributed by atoms with van der Waals surface area (Å²) in [5, 5.41) is 2.95. The summed E-state index contributed by atoms with van der Waals surface area (Å²) in [7, 11) is 1.74. The smallest absolute Gasteiger partial charge is 0.237 e. The molecule has 0 aliphatic carbocycles. The molecular formula is C13H28N2O3. The molecule has 0 aliphatic rings. The number of amides is 1. The largest absolute Gasteiger partial charge is 0.379 e.